The summed E-state index contributed by atoms with van der Waals surface area (Å²) in [5.41, 5.74) is 0.426. The number of aromatic nitrogens is 2. The van der Waals surface area contributed by atoms with Gasteiger partial charge in [-0.2, -0.15) is 10.4 Å². The molecule has 0 bridgehead atoms. The van der Waals surface area contributed by atoms with Crippen molar-refractivity contribution in [2.75, 3.05) is 0 Å². The monoisotopic (exact) mass is 266 g/mol. The zero-order chi connectivity index (χ0) is 13.8. The summed E-state index contributed by atoms with van der Waals surface area (Å²) in [7, 11) is 0. The third-order valence-corrected chi connectivity index (χ3v) is 3.76. The Morgan fingerprint density at radius 1 is 1.30 bits per heavy atom. The first-order valence-corrected chi connectivity index (χ1v) is 7.04. The summed E-state index contributed by atoms with van der Waals surface area (Å²) in [4.78, 5) is 0. The predicted molar refractivity (Wildman–Crippen MR) is 76.7 cm³/mol. The van der Waals surface area contributed by atoms with E-state index in [2.05, 4.69) is 16.5 Å². The topological polar surface area (TPSA) is 53.6 Å². The van der Waals surface area contributed by atoms with E-state index in [0.29, 0.717) is 12.5 Å². The third kappa shape index (κ3) is 2.73. The second-order valence-corrected chi connectivity index (χ2v) is 5.32. The first-order chi connectivity index (χ1) is 9.82. The standard InChI is InChI=1S/C16H18N4/c17-13-16(19-15-7-8-15,14-5-2-1-3-6-14)9-12-20-11-4-10-18-20/h1-6,10-11,15,19H,7-9,12H2. The van der Waals surface area contributed by atoms with Crippen LogP contribution in [0.15, 0.2) is 48.8 Å². The zero-order valence-corrected chi connectivity index (χ0v) is 11.4. The van der Waals surface area contributed by atoms with Crippen LogP contribution in [0.2, 0.25) is 0 Å². The summed E-state index contributed by atoms with van der Waals surface area (Å²) in [6.45, 7) is 0.731. The highest BCUT2D eigenvalue weighted by molar-refractivity contribution is 5.32. The number of rotatable bonds is 6. The van der Waals surface area contributed by atoms with Gasteiger partial charge in [0.1, 0.15) is 5.54 Å². The minimum absolute atomic E-state index is 0.479. The van der Waals surface area contributed by atoms with Gasteiger partial charge in [-0.3, -0.25) is 10.00 Å². The molecule has 1 aliphatic rings. The Labute approximate surface area is 119 Å². The fourth-order valence-electron chi connectivity index (χ4n) is 2.47. The van der Waals surface area contributed by atoms with E-state index in [0.717, 1.165) is 24.9 Å². The van der Waals surface area contributed by atoms with Crippen molar-refractivity contribution in [3.05, 3.63) is 54.4 Å². The minimum Gasteiger partial charge on any atom is -0.293 e. The maximum absolute atomic E-state index is 9.79. The molecular formula is C16H18N4. The molecule has 2 aromatic rings. The van der Waals surface area contributed by atoms with Crippen molar-refractivity contribution in [2.24, 2.45) is 0 Å². The third-order valence-electron chi connectivity index (χ3n) is 3.76. The van der Waals surface area contributed by atoms with Crippen LogP contribution in [0.3, 0.4) is 0 Å². The average molecular weight is 266 g/mol. The molecule has 1 fully saturated rings. The van der Waals surface area contributed by atoms with E-state index in [-0.39, 0.29) is 0 Å². The van der Waals surface area contributed by atoms with Gasteiger partial charge in [0.15, 0.2) is 0 Å². The van der Waals surface area contributed by atoms with Crippen molar-refractivity contribution >= 4 is 0 Å². The second-order valence-electron chi connectivity index (χ2n) is 5.32. The van der Waals surface area contributed by atoms with Crippen molar-refractivity contribution in [3.8, 4) is 6.07 Å². The highest BCUT2D eigenvalue weighted by atomic mass is 15.3. The molecule has 1 aliphatic carbocycles. The molecule has 1 aromatic carbocycles. The fraction of sp³-hybridized carbons (Fsp3) is 0.375. The van der Waals surface area contributed by atoms with Gasteiger partial charge in [-0.25, -0.2) is 0 Å². The Morgan fingerprint density at radius 3 is 2.70 bits per heavy atom. The van der Waals surface area contributed by atoms with Crippen molar-refractivity contribution in [1.82, 2.24) is 15.1 Å². The first-order valence-electron chi connectivity index (χ1n) is 7.04. The molecule has 1 aromatic heterocycles. The second kappa shape index (κ2) is 5.48. The summed E-state index contributed by atoms with van der Waals surface area (Å²) in [5, 5.41) is 17.5. The first kappa shape index (κ1) is 12.9. The van der Waals surface area contributed by atoms with Crippen LogP contribution in [0.4, 0.5) is 0 Å². The average Bonchev–Trinajstić information content (AvgIpc) is 3.16. The maximum atomic E-state index is 9.79. The molecular weight excluding hydrogens is 248 g/mol. The fourth-order valence-corrected chi connectivity index (χ4v) is 2.47. The number of nitrogens with zero attached hydrogens (tertiary/aromatic N) is 3. The predicted octanol–water partition coefficient (Wildman–Crippen LogP) is 2.44. The van der Waals surface area contributed by atoms with Gasteiger partial charge in [-0.1, -0.05) is 30.3 Å². The Bertz CT molecular complexity index is 581. The molecule has 4 heteroatoms. The summed E-state index contributed by atoms with van der Waals surface area (Å²) in [6.07, 6.45) is 6.75. The van der Waals surface area contributed by atoms with Gasteiger partial charge in [-0.15, -0.1) is 0 Å². The highest BCUT2D eigenvalue weighted by Gasteiger charge is 2.37. The van der Waals surface area contributed by atoms with Gasteiger partial charge < -0.3 is 0 Å². The van der Waals surface area contributed by atoms with Gasteiger partial charge in [-0.05, 0) is 24.5 Å². The lowest BCUT2D eigenvalue weighted by Crippen LogP contribution is -2.43. The molecule has 1 saturated carbocycles. The molecule has 1 atom stereocenters. The molecule has 1 unspecified atom stereocenters. The van der Waals surface area contributed by atoms with Gasteiger partial charge in [0.25, 0.3) is 0 Å². The smallest absolute Gasteiger partial charge is 0.134 e. The molecule has 4 nitrogen and oxygen atoms in total. The van der Waals surface area contributed by atoms with Crippen LogP contribution in [0.5, 0.6) is 0 Å². The van der Waals surface area contributed by atoms with E-state index in [1.165, 1.54) is 0 Å². The molecule has 0 saturated heterocycles. The van der Waals surface area contributed by atoms with Gasteiger partial charge in [0, 0.05) is 31.4 Å². The van der Waals surface area contributed by atoms with Crippen LogP contribution in [0, 0.1) is 11.3 Å². The number of nitriles is 1. The Balaban J connectivity index is 1.83. The van der Waals surface area contributed by atoms with Crippen molar-refractivity contribution in [1.29, 1.82) is 5.26 Å². The summed E-state index contributed by atoms with van der Waals surface area (Å²) >= 11 is 0. The number of hydrogen-bond donors (Lipinski definition) is 1. The van der Waals surface area contributed by atoms with Crippen molar-refractivity contribution in [3.63, 3.8) is 0 Å². The molecule has 0 amide bonds. The van der Waals surface area contributed by atoms with Crippen LogP contribution in [-0.2, 0) is 12.1 Å². The number of aryl methyl sites for hydroxylation is 1. The molecule has 3 rings (SSSR count). The zero-order valence-electron chi connectivity index (χ0n) is 11.4. The SMILES string of the molecule is N#CC(CCn1cccn1)(NC1CC1)c1ccccc1. The summed E-state index contributed by atoms with van der Waals surface area (Å²) in [6, 6.07) is 14.9. The van der Waals surface area contributed by atoms with Gasteiger partial charge >= 0.3 is 0 Å². The molecule has 0 spiro atoms. The van der Waals surface area contributed by atoms with Crippen LogP contribution in [-0.4, -0.2) is 15.8 Å². The van der Waals surface area contributed by atoms with E-state index in [9.17, 15) is 5.26 Å². The lowest BCUT2D eigenvalue weighted by Gasteiger charge is -2.28. The summed E-state index contributed by atoms with van der Waals surface area (Å²) in [5.74, 6) is 0. The molecule has 0 aliphatic heterocycles. The van der Waals surface area contributed by atoms with E-state index >= 15 is 0 Å². The summed E-state index contributed by atoms with van der Waals surface area (Å²) < 4.78 is 1.88. The van der Waals surface area contributed by atoms with E-state index in [1.54, 1.807) is 6.20 Å². The molecule has 0 radical (unpaired) electrons. The molecule has 102 valence electrons. The Hall–Kier alpha value is -2.12. The number of benzene rings is 1. The maximum Gasteiger partial charge on any atom is 0.134 e. The lowest BCUT2D eigenvalue weighted by atomic mass is 9.87. The molecule has 1 heterocycles. The minimum atomic E-state index is -0.617. The Morgan fingerprint density at radius 2 is 2.10 bits per heavy atom. The molecule has 20 heavy (non-hydrogen) atoms. The largest absolute Gasteiger partial charge is 0.293 e. The highest BCUT2D eigenvalue weighted by Crippen LogP contribution is 2.31. The number of hydrogen-bond acceptors (Lipinski definition) is 3. The molecule has 1 N–H and O–H groups in total. The van der Waals surface area contributed by atoms with Crippen LogP contribution < -0.4 is 5.32 Å². The number of nitrogens with one attached hydrogen (secondary N) is 1. The normalized spacial score (nSPS) is 17.4. The van der Waals surface area contributed by atoms with Crippen molar-refractivity contribution in [2.45, 2.75) is 37.4 Å². The van der Waals surface area contributed by atoms with Gasteiger partial charge in [0.05, 0.1) is 6.07 Å². The Kier molecular flexibility index (Phi) is 3.53. The van der Waals surface area contributed by atoms with E-state index < -0.39 is 5.54 Å². The van der Waals surface area contributed by atoms with Crippen LogP contribution in [0.1, 0.15) is 24.8 Å². The quantitative estimate of drug-likeness (QED) is 0.873. The van der Waals surface area contributed by atoms with E-state index in [4.69, 9.17) is 0 Å². The van der Waals surface area contributed by atoms with Crippen LogP contribution in [0.25, 0.3) is 0 Å². The lowest BCUT2D eigenvalue weighted by molar-refractivity contribution is 0.361. The van der Waals surface area contributed by atoms with Gasteiger partial charge in [0.2, 0.25) is 0 Å². The van der Waals surface area contributed by atoms with Crippen LogP contribution >= 0.6 is 0 Å². The van der Waals surface area contributed by atoms with Crippen molar-refractivity contribution < 1.29 is 0 Å². The van der Waals surface area contributed by atoms with E-state index in [1.807, 2.05) is 47.3 Å².